The van der Waals surface area contributed by atoms with Crippen molar-refractivity contribution in [3.63, 3.8) is 0 Å². The topological polar surface area (TPSA) is 94.0 Å². The van der Waals surface area contributed by atoms with E-state index in [1.54, 1.807) is 6.07 Å². The van der Waals surface area contributed by atoms with Crippen molar-refractivity contribution in [2.75, 3.05) is 0 Å². The summed E-state index contributed by atoms with van der Waals surface area (Å²) in [6.45, 7) is 0. The first kappa shape index (κ1) is 18.3. The van der Waals surface area contributed by atoms with E-state index < -0.39 is 27.7 Å². The number of nitrogens with zero attached hydrogens (tertiary/aromatic N) is 4. The fraction of sp³-hybridized carbons (Fsp3) is 0.143. The molecule has 0 N–H and O–H groups in total. The van der Waals surface area contributed by atoms with Crippen molar-refractivity contribution in [3.8, 4) is 17.7 Å². The first-order valence-corrected chi connectivity index (χ1v) is 6.85. The Balaban J connectivity index is 2.44. The molecular weight excluding hydrogens is 365 g/mol. The minimum atomic E-state index is -4.73. The molecule has 0 unspecified atom stereocenters. The van der Waals surface area contributed by atoms with Gasteiger partial charge in [0.15, 0.2) is 5.69 Å². The second kappa shape index (κ2) is 6.82. The Morgan fingerprint density at radius 2 is 2.16 bits per heavy atom. The van der Waals surface area contributed by atoms with Gasteiger partial charge in [0.1, 0.15) is 10.8 Å². The molecule has 0 aliphatic carbocycles. The summed E-state index contributed by atoms with van der Waals surface area (Å²) in [4.78, 5) is 10.3. The molecule has 7 nitrogen and oxygen atoms in total. The Hall–Kier alpha value is -3.06. The van der Waals surface area contributed by atoms with Crippen LogP contribution in [0.5, 0.6) is 11.6 Å². The number of hydrogen-bond acceptors (Lipinski definition) is 5. The average Bonchev–Trinajstić information content (AvgIpc) is 2.78. The molecule has 0 aliphatic heterocycles. The van der Waals surface area contributed by atoms with Gasteiger partial charge in [0.25, 0.3) is 11.6 Å². The highest BCUT2D eigenvalue weighted by molar-refractivity contribution is 6.32. The molecule has 130 valence electrons. The van der Waals surface area contributed by atoms with Gasteiger partial charge < -0.3 is 4.74 Å². The second-order valence-corrected chi connectivity index (χ2v) is 5.01. The minimum Gasteiger partial charge on any atom is -0.436 e. The molecular formula is C14H8ClF3N4O3. The molecule has 0 saturated carbocycles. The molecule has 0 bridgehead atoms. The lowest BCUT2D eigenvalue weighted by Crippen LogP contribution is -2.12. The van der Waals surface area contributed by atoms with Gasteiger partial charge in [-0.25, -0.2) is 0 Å². The van der Waals surface area contributed by atoms with Gasteiger partial charge in [-0.3, -0.25) is 14.8 Å². The molecule has 25 heavy (non-hydrogen) atoms. The summed E-state index contributed by atoms with van der Waals surface area (Å²) in [5.41, 5.74) is -1.45. The zero-order valence-corrected chi connectivity index (χ0v) is 13.2. The van der Waals surface area contributed by atoms with Gasteiger partial charge >= 0.3 is 6.18 Å². The van der Waals surface area contributed by atoms with Gasteiger partial charge in [0, 0.05) is 19.2 Å². The van der Waals surface area contributed by atoms with Gasteiger partial charge in [-0.2, -0.15) is 18.4 Å². The van der Waals surface area contributed by atoms with E-state index in [-0.39, 0.29) is 17.0 Å². The van der Waals surface area contributed by atoms with Crippen LogP contribution in [0.4, 0.5) is 18.9 Å². The van der Waals surface area contributed by atoms with Gasteiger partial charge in [-0.05, 0) is 18.2 Å². The number of nitriles is 1. The van der Waals surface area contributed by atoms with Gasteiger partial charge in [-0.1, -0.05) is 11.6 Å². The lowest BCUT2D eigenvalue weighted by atomic mass is 10.1. The van der Waals surface area contributed by atoms with Gasteiger partial charge in [-0.15, -0.1) is 5.10 Å². The van der Waals surface area contributed by atoms with Crippen LogP contribution >= 0.6 is 11.6 Å². The van der Waals surface area contributed by atoms with E-state index in [1.807, 2.05) is 0 Å². The highest BCUT2D eigenvalue weighted by Gasteiger charge is 2.39. The molecule has 0 saturated heterocycles. The molecule has 0 spiro atoms. The van der Waals surface area contributed by atoms with E-state index in [1.165, 1.54) is 18.2 Å². The molecule has 0 aliphatic rings. The monoisotopic (exact) mass is 372 g/mol. The van der Waals surface area contributed by atoms with Crippen LogP contribution in [-0.2, 0) is 13.2 Å². The maximum Gasteiger partial charge on any atom is 0.434 e. The number of halogens is 4. The Morgan fingerprint density at radius 1 is 1.48 bits per heavy atom. The van der Waals surface area contributed by atoms with Crippen molar-refractivity contribution >= 4 is 23.4 Å². The number of ether oxygens (including phenoxy) is 1. The number of aryl methyl sites for hydroxylation is 1. The Labute approximate surface area is 143 Å². The maximum absolute atomic E-state index is 12.9. The molecule has 0 atom stereocenters. The summed E-state index contributed by atoms with van der Waals surface area (Å²) in [7, 11) is 1.05. The van der Waals surface area contributed by atoms with E-state index in [0.717, 1.165) is 19.2 Å². The molecule has 0 fully saturated rings. The largest absolute Gasteiger partial charge is 0.436 e. The third-order valence-electron chi connectivity index (χ3n) is 2.98. The third kappa shape index (κ3) is 3.89. The Morgan fingerprint density at radius 3 is 2.68 bits per heavy atom. The van der Waals surface area contributed by atoms with E-state index in [4.69, 9.17) is 21.6 Å². The van der Waals surface area contributed by atoms with Crippen molar-refractivity contribution in [2.45, 2.75) is 6.18 Å². The third-order valence-corrected chi connectivity index (χ3v) is 3.32. The van der Waals surface area contributed by atoms with Crippen molar-refractivity contribution < 1.29 is 22.8 Å². The SMILES string of the molecule is Cn1nc(Oc2ccc([N+](=O)[O-])c(C=CC#N)c2)c(Cl)c1C(F)(F)F. The Bertz CT molecular complexity index is 900. The van der Waals surface area contributed by atoms with Gasteiger partial charge in [0.05, 0.1) is 16.6 Å². The molecule has 0 radical (unpaired) electrons. The molecule has 2 rings (SSSR count). The lowest BCUT2D eigenvalue weighted by Gasteiger charge is -2.06. The fourth-order valence-electron chi connectivity index (χ4n) is 1.98. The number of benzene rings is 1. The van der Waals surface area contributed by atoms with Crippen LogP contribution in [0.2, 0.25) is 5.02 Å². The molecule has 2 aromatic rings. The van der Waals surface area contributed by atoms with Crippen molar-refractivity contribution in [3.05, 3.63) is 50.7 Å². The normalized spacial score (nSPS) is 11.5. The summed E-state index contributed by atoms with van der Waals surface area (Å²) < 4.78 is 44.4. The summed E-state index contributed by atoms with van der Waals surface area (Å²) in [6.07, 6.45) is -2.54. The number of alkyl halides is 3. The highest BCUT2D eigenvalue weighted by Crippen LogP contribution is 2.40. The zero-order chi connectivity index (χ0) is 18.8. The van der Waals surface area contributed by atoms with E-state index in [2.05, 4.69) is 5.10 Å². The maximum atomic E-state index is 12.9. The average molecular weight is 373 g/mol. The predicted octanol–water partition coefficient (Wildman–Crippen LogP) is 4.33. The zero-order valence-electron chi connectivity index (χ0n) is 12.4. The van der Waals surface area contributed by atoms with Crippen LogP contribution in [0.25, 0.3) is 6.08 Å². The molecule has 1 heterocycles. The van der Waals surface area contributed by atoms with Crippen LogP contribution in [0, 0.1) is 21.4 Å². The molecule has 0 amide bonds. The number of nitro groups is 1. The molecule has 11 heteroatoms. The fourth-order valence-corrected chi connectivity index (χ4v) is 2.29. The van der Waals surface area contributed by atoms with Crippen LogP contribution in [0.3, 0.4) is 0 Å². The number of nitro benzene ring substituents is 1. The first-order chi connectivity index (χ1) is 11.6. The standard InChI is InChI=1S/C14H8ClF3N4O3/c1-21-12(14(16,17)18)11(15)13(20-21)25-9-4-5-10(22(23)24)8(7-9)3-2-6-19/h2-5,7H,1H3. The van der Waals surface area contributed by atoms with Gasteiger partial charge in [0.2, 0.25) is 0 Å². The van der Waals surface area contributed by atoms with E-state index >= 15 is 0 Å². The smallest absolute Gasteiger partial charge is 0.434 e. The summed E-state index contributed by atoms with van der Waals surface area (Å²) in [6, 6.07) is 5.14. The molecule has 1 aromatic heterocycles. The van der Waals surface area contributed by atoms with Crippen LogP contribution in [0.15, 0.2) is 24.3 Å². The number of aromatic nitrogens is 2. The van der Waals surface area contributed by atoms with Crippen molar-refractivity contribution in [1.82, 2.24) is 9.78 Å². The van der Waals surface area contributed by atoms with Crippen molar-refractivity contribution in [2.24, 2.45) is 7.05 Å². The highest BCUT2D eigenvalue weighted by atomic mass is 35.5. The minimum absolute atomic E-state index is 0.0306. The van der Waals surface area contributed by atoms with Crippen LogP contribution in [-0.4, -0.2) is 14.7 Å². The quantitative estimate of drug-likeness (QED) is 0.452. The van der Waals surface area contributed by atoms with E-state index in [9.17, 15) is 23.3 Å². The number of hydrogen-bond donors (Lipinski definition) is 0. The summed E-state index contributed by atoms with van der Waals surface area (Å²) in [5.74, 6) is -0.530. The number of allylic oxidation sites excluding steroid dienone is 1. The molecule has 1 aromatic carbocycles. The van der Waals surface area contributed by atoms with Crippen LogP contribution in [0.1, 0.15) is 11.3 Å². The first-order valence-electron chi connectivity index (χ1n) is 6.47. The van der Waals surface area contributed by atoms with Crippen molar-refractivity contribution in [1.29, 1.82) is 5.26 Å². The summed E-state index contributed by atoms with van der Waals surface area (Å²) >= 11 is 5.68. The van der Waals surface area contributed by atoms with Crippen LogP contribution < -0.4 is 4.74 Å². The lowest BCUT2D eigenvalue weighted by molar-refractivity contribution is -0.385. The second-order valence-electron chi connectivity index (χ2n) is 4.63. The number of rotatable bonds is 4. The predicted molar refractivity (Wildman–Crippen MR) is 81.0 cm³/mol. The Kier molecular flexibility index (Phi) is 4.99. The van der Waals surface area contributed by atoms with E-state index in [0.29, 0.717) is 4.68 Å². The summed E-state index contributed by atoms with van der Waals surface area (Å²) in [5, 5.41) is 22.3.